The molecule has 0 aliphatic carbocycles. The van der Waals surface area contributed by atoms with Gasteiger partial charge in [0.2, 0.25) is 5.91 Å². The molecular formula is C20H21F3N6O2. The van der Waals surface area contributed by atoms with Crippen LogP contribution in [0.2, 0.25) is 0 Å². The molecule has 0 atom stereocenters. The highest BCUT2D eigenvalue weighted by Gasteiger charge is 2.36. The molecule has 0 fully saturated rings. The number of nitrogens with zero attached hydrogens (tertiary/aromatic N) is 4. The molecule has 31 heavy (non-hydrogen) atoms. The molecule has 3 aromatic rings. The molecule has 2 aromatic heterocycles. The number of amides is 2. The van der Waals surface area contributed by atoms with Crippen LogP contribution in [0.3, 0.4) is 0 Å². The third-order valence-corrected chi connectivity index (χ3v) is 4.67. The van der Waals surface area contributed by atoms with Crippen molar-refractivity contribution < 1.29 is 22.8 Å². The lowest BCUT2D eigenvalue weighted by Gasteiger charge is -2.11. The van der Waals surface area contributed by atoms with E-state index in [2.05, 4.69) is 25.7 Å². The van der Waals surface area contributed by atoms with Gasteiger partial charge >= 0.3 is 6.18 Å². The van der Waals surface area contributed by atoms with Crippen LogP contribution in [0.15, 0.2) is 30.3 Å². The smallest absolute Gasteiger partial charge is 0.354 e. The predicted molar refractivity (Wildman–Crippen MR) is 105 cm³/mol. The lowest BCUT2D eigenvalue weighted by Crippen LogP contribution is -2.34. The van der Waals surface area contributed by atoms with Crippen molar-refractivity contribution in [3.8, 4) is 0 Å². The van der Waals surface area contributed by atoms with Crippen molar-refractivity contribution in [2.24, 2.45) is 0 Å². The Bertz CT molecular complexity index is 1100. The van der Waals surface area contributed by atoms with E-state index in [0.717, 1.165) is 4.52 Å². The Morgan fingerprint density at radius 2 is 1.71 bits per heavy atom. The maximum atomic E-state index is 12.9. The van der Waals surface area contributed by atoms with Crippen LogP contribution in [0.1, 0.15) is 39.6 Å². The molecule has 11 heteroatoms. The highest BCUT2D eigenvalue weighted by Crippen LogP contribution is 2.27. The van der Waals surface area contributed by atoms with Gasteiger partial charge in [-0.15, -0.1) is 5.10 Å². The first-order valence-corrected chi connectivity index (χ1v) is 9.57. The van der Waals surface area contributed by atoms with Gasteiger partial charge in [-0.3, -0.25) is 9.59 Å². The molecule has 0 aliphatic rings. The molecule has 2 amide bonds. The van der Waals surface area contributed by atoms with E-state index in [0.29, 0.717) is 22.5 Å². The third kappa shape index (κ3) is 5.36. The highest BCUT2D eigenvalue weighted by atomic mass is 19.4. The van der Waals surface area contributed by atoms with Crippen LogP contribution < -0.4 is 10.6 Å². The molecule has 0 spiro atoms. The minimum absolute atomic E-state index is 0.113. The molecular weight excluding hydrogens is 413 g/mol. The van der Waals surface area contributed by atoms with Crippen molar-refractivity contribution >= 4 is 17.6 Å². The third-order valence-electron chi connectivity index (χ3n) is 4.67. The summed E-state index contributed by atoms with van der Waals surface area (Å²) < 4.78 is 39.6. The van der Waals surface area contributed by atoms with Gasteiger partial charge in [0.1, 0.15) is 0 Å². The number of carbonyl (C=O) groups is 2. The van der Waals surface area contributed by atoms with Gasteiger partial charge in [-0.25, -0.2) is 9.50 Å². The van der Waals surface area contributed by atoms with Crippen molar-refractivity contribution in [2.75, 3.05) is 13.1 Å². The van der Waals surface area contributed by atoms with Crippen molar-refractivity contribution in [3.63, 3.8) is 0 Å². The molecule has 0 saturated carbocycles. The zero-order valence-corrected chi connectivity index (χ0v) is 17.0. The van der Waals surface area contributed by atoms with E-state index in [9.17, 15) is 22.8 Å². The van der Waals surface area contributed by atoms with Crippen LogP contribution in [0.5, 0.6) is 0 Å². The zero-order chi connectivity index (χ0) is 22.6. The quantitative estimate of drug-likeness (QED) is 0.556. The molecule has 0 saturated heterocycles. The monoisotopic (exact) mass is 434 g/mol. The number of fused-ring (bicyclic) bond motifs is 1. The summed E-state index contributed by atoms with van der Waals surface area (Å²) in [7, 11) is 0. The fourth-order valence-electron chi connectivity index (χ4n) is 3.09. The number of rotatable bonds is 7. The topological polar surface area (TPSA) is 101 Å². The molecule has 0 aliphatic heterocycles. The average molecular weight is 434 g/mol. The summed E-state index contributed by atoms with van der Waals surface area (Å²) in [5, 5.41) is 8.90. The van der Waals surface area contributed by atoms with Gasteiger partial charge in [0, 0.05) is 36.5 Å². The molecule has 2 heterocycles. The van der Waals surface area contributed by atoms with Crippen molar-refractivity contribution in [1.82, 2.24) is 30.2 Å². The van der Waals surface area contributed by atoms with Gasteiger partial charge in [0.15, 0.2) is 0 Å². The summed E-state index contributed by atoms with van der Waals surface area (Å²) in [4.78, 5) is 31.6. The van der Waals surface area contributed by atoms with E-state index in [4.69, 9.17) is 0 Å². The minimum atomic E-state index is -4.66. The average Bonchev–Trinajstić information content (AvgIpc) is 3.16. The Balaban J connectivity index is 1.53. The van der Waals surface area contributed by atoms with Gasteiger partial charge in [0.25, 0.3) is 17.5 Å². The second kappa shape index (κ2) is 9.11. The first-order chi connectivity index (χ1) is 14.7. The highest BCUT2D eigenvalue weighted by molar-refractivity contribution is 5.94. The second-order valence-corrected chi connectivity index (χ2v) is 6.88. The molecule has 2 N–H and O–H groups in total. The Labute approximate surface area is 175 Å². The zero-order valence-electron chi connectivity index (χ0n) is 17.0. The van der Waals surface area contributed by atoms with Crippen LogP contribution in [0.25, 0.3) is 5.78 Å². The van der Waals surface area contributed by atoms with Crippen LogP contribution in [0.4, 0.5) is 13.2 Å². The fraction of sp³-hybridized carbons (Fsp3) is 0.350. The Morgan fingerprint density at radius 3 is 2.39 bits per heavy atom. The number of alkyl halides is 3. The summed E-state index contributed by atoms with van der Waals surface area (Å²) >= 11 is 0. The SMILES string of the molecule is Cc1nc2nc(C(F)(F)F)nn2c(C)c1CCC(=O)NCCNC(=O)c1ccccc1. The van der Waals surface area contributed by atoms with E-state index in [1.165, 1.54) is 0 Å². The lowest BCUT2D eigenvalue weighted by molar-refractivity contribution is -0.144. The molecule has 1 aromatic carbocycles. The summed E-state index contributed by atoms with van der Waals surface area (Å²) in [6.45, 7) is 3.79. The van der Waals surface area contributed by atoms with Gasteiger partial charge in [-0.2, -0.15) is 18.2 Å². The molecule has 8 nitrogen and oxygen atoms in total. The van der Waals surface area contributed by atoms with Crippen LogP contribution in [0, 0.1) is 13.8 Å². The van der Waals surface area contributed by atoms with Crippen LogP contribution in [-0.2, 0) is 17.4 Å². The van der Waals surface area contributed by atoms with Gasteiger partial charge in [0.05, 0.1) is 0 Å². The van der Waals surface area contributed by atoms with Crippen LogP contribution in [-0.4, -0.2) is 44.5 Å². The summed E-state index contributed by atoms with van der Waals surface area (Å²) in [6.07, 6.45) is -4.27. The van der Waals surface area contributed by atoms with Gasteiger partial charge in [-0.1, -0.05) is 18.2 Å². The molecule has 0 bridgehead atoms. The number of aryl methyl sites for hydroxylation is 2. The standard InChI is InChI=1S/C20H21F3N6O2/c1-12-15(13(2)29-19(26-12)27-18(28-29)20(21,22)23)8-9-16(30)24-10-11-25-17(31)14-6-4-3-5-7-14/h3-7H,8-11H2,1-2H3,(H,24,30)(H,25,31). The lowest BCUT2D eigenvalue weighted by atomic mass is 10.1. The number of aromatic nitrogens is 4. The first-order valence-electron chi connectivity index (χ1n) is 9.57. The van der Waals surface area contributed by atoms with E-state index < -0.39 is 12.0 Å². The molecule has 0 unspecified atom stereocenters. The van der Waals surface area contributed by atoms with Crippen LogP contribution >= 0.6 is 0 Å². The van der Waals surface area contributed by atoms with E-state index in [1.54, 1.807) is 38.1 Å². The van der Waals surface area contributed by atoms with Gasteiger partial charge in [-0.05, 0) is 38.0 Å². The number of carbonyl (C=O) groups excluding carboxylic acids is 2. The maximum Gasteiger partial charge on any atom is 0.453 e. The Kier molecular flexibility index (Phi) is 6.52. The molecule has 0 radical (unpaired) electrons. The molecule has 164 valence electrons. The Morgan fingerprint density at radius 1 is 1.03 bits per heavy atom. The number of halogens is 3. The van der Waals surface area contributed by atoms with Gasteiger partial charge < -0.3 is 10.6 Å². The number of benzene rings is 1. The van der Waals surface area contributed by atoms with Crippen molar-refractivity contribution in [3.05, 3.63) is 58.7 Å². The predicted octanol–water partition coefficient (Wildman–Crippen LogP) is 2.24. The van der Waals surface area contributed by atoms with Crippen molar-refractivity contribution in [2.45, 2.75) is 32.9 Å². The minimum Gasteiger partial charge on any atom is -0.354 e. The number of hydrogen-bond donors (Lipinski definition) is 2. The summed E-state index contributed by atoms with van der Waals surface area (Å²) in [5.41, 5.74) is 2.12. The van der Waals surface area contributed by atoms with E-state index in [1.807, 2.05) is 6.07 Å². The Hall–Kier alpha value is -3.50. The summed E-state index contributed by atoms with van der Waals surface area (Å²) in [6, 6.07) is 8.71. The van der Waals surface area contributed by atoms with E-state index in [-0.39, 0.29) is 43.5 Å². The maximum absolute atomic E-state index is 12.9. The number of nitrogens with one attached hydrogen (secondary N) is 2. The molecule has 3 rings (SSSR count). The van der Waals surface area contributed by atoms with Crippen molar-refractivity contribution in [1.29, 1.82) is 0 Å². The fourth-order valence-corrected chi connectivity index (χ4v) is 3.09. The first kappa shape index (κ1) is 22.2. The van der Waals surface area contributed by atoms with E-state index >= 15 is 0 Å². The summed E-state index contributed by atoms with van der Waals surface area (Å²) in [5.74, 6) is -1.87. The largest absolute Gasteiger partial charge is 0.453 e. The normalized spacial score (nSPS) is 11.5. The second-order valence-electron chi connectivity index (χ2n) is 6.88. The number of hydrogen-bond acceptors (Lipinski definition) is 5.